The van der Waals surface area contributed by atoms with Crippen LogP contribution in [-0.4, -0.2) is 96.9 Å². The third-order valence-electron chi connectivity index (χ3n) is 3.92. The molecule has 2 rings (SSSR count). The summed E-state index contributed by atoms with van der Waals surface area (Å²) in [5.41, 5.74) is 0. The predicted molar refractivity (Wildman–Crippen MR) is 83.6 cm³/mol. The standard InChI is InChI=1S/C14H23N3O4S/c1-22-11-2-12(18)15-3-5-16(6-4-15)13(19)14(20)17-7-9-21-10-8-17/h2-11H2,1H3. The van der Waals surface area contributed by atoms with Crippen molar-refractivity contribution in [3.63, 3.8) is 0 Å². The van der Waals surface area contributed by atoms with Gasteiger partial charge in [-0.25, -0.2) is 0 Å². The second-order valence-electron chi connectivity index (χ2n) is 5.32. The first-order chi connectivity index (χ1) is 10.6. The largest absolute Gasteiger partial charge is 0.378 e. The first kappa shape index (κ1) is 17.1. The van der Waals surface area contributed by atoms with Crippen molar-refractivity contribution in [2.75, 3.05) is 64.5 Å². The molecule has 0 aromatic rings. The summed E-state index contributed by atoms with van der Waals surface area (Å²) in [7, 11) is 0. The van der Waals surface area contributed by atoms with Gasteiger partial charge in [0.2, 0.25) is 5.91 Å². The molecule has 124 valence electrons. The van der Waals surface area contributed by atoms with E-state index in [1.807, 2.05) is 6.26 Å². The SMILES string of the molecule is CSCCC(=O)N1CCN(C(=O)C(=O)N2CCOCC2)CC1. The number of amides is 3. The molecule has 8 heteroatoms. The molecule has 22 heavy (non-hydrogen) atoms. The molecule has 0 aromatic heterocycles. The number of morpholine rings is 1. The Balaban J connectivity index is 1.79. The number of nitrogens with zero attached hydrogens (tertiary/aromatic N) is 3. The molecule has 0 aromatic carbocycles. The fourth-order valence-corrected chi connectivity index (χ4v) is 2.92. The molecule has 0 bridgehead atoms. The molecule has 2 heterocycles. The van der Waals surface area contributed by atoms with Crippen molar-refractivity contribution in [2.24, 2.45) is 0 Å². The Morgan fingerprint density at radius 1 is 0.864 bits per heavy atom. The molecule has 2 aliphatic heterocycles. The van der Waals surface area contributed by atoms with E-state index in [9.17, 15) is 14.4 Å². The monoisotopic (exact) mass is 329 g/mol. The molecule has 0 radical (unpaired) electrons. The van der Waals surface area contributed by atoms with Crippen LogP contribution in [0.15, 0.2) is 0 Å². The minimum absolute atomic E-state index is 0.126. The van der Waals surface area contributed by atoms with E-state index in [1.165, 1.54) is 0 Å². The van der Waals surface area contributed by atoms with Crippen molar-refractivity contribution in [3.8, 4) is 0 Å². The van der Waals surface area contributed by atoms with Gasteiger partial charge in [-0.1, -0.05) is 0 Å². The summed E-state index contributed by atoms with van der Waals surface area (Å²) in [6, 6.07) is 0. The predicted octanol–water partition coefficient (Wildman–Crippen LogP) is -0.731. The van der Waals surface area contributed by atoms with Crippen LogP contribution in [0.5, 0.6) is 0 Å². The summed E-state index contributed by atoms with van der Waals surface area (Å²) in [5, 5.41) is 0. The topological polar surface area (TPSA) is 70.2 Å². The average Bonchev–Trinajstić information content (AvgIpc) is 2.59. The van der Waals surface area contributed by atoms with Gasteiger partial charge in [0, 0.05) is 51.4 Å². The highest BCUT2D eigenvalue weighted by Crippen LogP contribution is 2.08. The van der Waals surface area contributed by atoms with Gasteiger partial charge in [-0.15, -0.1) is 0 Å². The Kier molecular flexibility index (Phi) is 6.50. The number of thioether (sulfide) groups is 1. The molecule has 2 fully saturated rings. The van der Waals surface area contributed by atoms with E-state index in [0.29, 0.717) is 58.9 Å². The zero-order chi connectivity index (χ0) is 15.9. The van der Waals surface area contributed by atoms with Crippen molar-refractivity contribution >= 4 is 29.5 Å². The van der Waals surface area contributed by atoms with Gasteiger partial charge in [-0.05, 0) is 6.26 Å². The number of rotatable bonds is 3. The molecular formula is C14H23N3O4S. The number of hydrogen-bond acceptors (Lipinski definition) is 5. The molecule has 3 amide bonds. The molecule has 0 atom stereocenters. The molecule has 0 saturated carbocycles. The number of ether oxygens (including phenoxy) is 1. The lowest BCUT2D eigenvalue weighted by Crippen LogP contribution is -2.55. The van der Waals surface area contributed by atoms with Crippen molar-refractivity contribution in [1.82, 2.24) is 14.7 Å². The Morgan fingerprint density at radius 2 is 1.36 bits per heavy atom. The number of carbonyl (C=O) groups is 3. The molecule has 7 nitrogen and oxygen atoms in total. The number of piperazine rings is 1. The van der Waals surface area contributed by atoms with Crippen LogP contribution in [0.1, 0.15) is 6.42 Å². The van der Waals surface area contributed by atoms with Gasteiger partial charge in [0.1, 0.15) is 0 Å². The van der Waals surface area contributed by atoms with E-state index < -0.39 is 11.8 Å². The summed E-state index contributed by atoms with van der Waals surface area (Å²) in [4.78, 5) is 41.2. The molecule has 0 unspecified atom stereocenters. The highest BCUT2D eigenvalue weighted by molar-refractivity contribution is 7.98. The number of hydrogen-bond donors (Lipinski definition) is 0. The van der Waals surface area contributed by atoms with Crippen LogP contribution < -0.4 is 0 Å². The lowest BCUT2D eigenvalue weighted by atomic mass is 10.2. The maximum Gasteiger partial charge on any atom is 0.312 e. The van der Waals surface area contributed by atoms with Gasteiger partial charge in [-0.3, -0.25) is 14.4 Å². The highest BCUT2D eigenvalue weighted by Gasteiger charge is 2.31. The van der Waals surface area contributed by atoms with Crippen LogP contribution in [0.2, 0.25) is 0 Å². The van der Waals surface area contributed by atoms with Gasteiger partial charge in [0.05, 0.1) is 13.2 Å². The van der Waals surface area contributed by atoms with Crippen molar-refractivity contribution in [2.45, 2.75) is 6.42 Å². The summed E-state index contributed by atoms with van der Waals surface area (Å²) in [6.07, 6.45) is 2.50. The third-order valence-corrected chi connectivity index (χ3v) is 4.53. The fourth-order valence-electron chi connectivity index (χ4n) is 2.54. The molecule has 2 saturated heterocycles. The lowest BCUT2D eigenvalue weighted by molar-refractivity contribution is -0.155. The Bertz CT molecular complexity index is 418. The highest BCUT2D eigenvalue weighted by atomic mass is 32.2. The number of carbonyl (C=O) groups excluding carboxylic acids is 3. The van der Waals surface area contributed by atoms with Crippen LogP contribution in [0.3, 0.4) is 0 Å². The molecule has 2 aliphatic rings. The quantitative estimate of drug-likeness (QED) is 0.639. The molecular weight excluding hydrogens is 306 g/mol. The van der Waals surface area contributed by atoms with Crippen molar-refractivity contribution in [3.05, 3.63) is 0 Å². The zero-order valence-corrected chi connectivity index (χ0v) is 13.8. The van der Waals surface area contributed by atoms with E-state index in [-0.39, 0.29) is 5.91 Å². The van der Waals surface area contributed by atoms with E-state index >= 15 is 0 Å². The normalized spacial score (nSPS) is 19.2. The summed E-state index contributed by atoms with van der Waals surface area (Å²) >= 11 is 1.65. The van der Waals surface area contributed by atoms with Crippen LogP contribution in [0.4, 0.5) is 0 Å². The third kappa shape index (κ3) is 4.36. The first-order valence-electron chi connectivity index (χ1n) is 7.56. The molecule has 0 N–H and O–H groups in total. The minimum atomic E-state index is -0.460. The zero-order valence-electron chi connectivity index (χ0n) is 13.0. The lowest BCUT2D eigenvalue weighted by Gasteiger charge is -2.35. The first-order valence-corrected chi connectivity index (χ1v) is 8.95. The van der Waals surface area contributed by atoms with Crippen LogP contribution in [-0.2, 0) is 19.1 Å². The average molecular weight is 329 g/mol. The smallest absolute Gasteiger partial charge is 0.312 e. The Hall–Kier alpha value is -1.28. The molecule has 0 spiro atoms. The van der Waals surface area contributed by atoms with Crippen LogP contribution in [0.25, 0.3) is 0 Å². The second-order valence-corrected chi connectivity index (χ2v) is 6.31. The van der Waals surface area contributed by atoms with E-state index in [1.54, 1.807) is 26.5 Å². The van der Waals surface area contributed by atoms with Gasteiger partial charge >= 0.3 is 11.8 Å². The van der Waals surface area contributed by atoms with E-state index in [0.717, 1.165) is 5.75 Å². The van der Waals surface area contributed by atoms with Crippen LogP contribution in [0, 0.1) is 0 Å². The molecule has 0 aliphatic carbocycles. The van der Waals surface area contributed by atoms with Gasteiger partial charge in [0.25, 0.3) is 0 Å². The van der Waals surface area contributed by atoms with Gasteiger partial charge < -0.3 is 19.4 Å². The minimum Gasteiger partial charge on any atom is -0.378 e. The van der Waals surface area contributed by atoms with Crippen LogP contribution >= 0.6 is 11.8 Å². The second kappa shape index (κ2) is 8.38. The van der Waals surface area contributed by atoms with Crippen molar-refractivity contribution < 1.29 is 19.1 Å². The maximum atomic E-state index is 12.2. The summed E-state index contributed by atoms with van der Waals surface area (Å²) in [5.74, 6) is 0.0255. The van der Waals surface area contributed by atoms with Gasteiger partial charge in [0.15, 0.2) is 0 Å². The fraction of sp³-hybridized carbons (Fsp3) is 0.786. The van der Waals surface area contributed by atoms with Crippen molar-refractivity contribution in [1.29, 1.82) is 0 Å². The summed E-state index contributed by atoms with van der Waals surface area (Å²) in [6.45, 7) is 3.79. The Labute approximate surface area is 134 Å². The Morgan fingerprint density at radius 3 is 1.91 bits per heavy atom. The summed E-state index contributed by atoms with van der Waals surface area (Å²) < 4.78 is 5.18. The van der Waals surface area contributed by atoms with Gasteiger partial charge in [-0.2, -0.15) is 11.8 Å². The van der Waals surface area contributed by atoms with E-state index in [2.05, 4.69) is 0 Å². The maximum absolute atomic E-state index is 12.2. The van der Waals surface area contributed by atoms with E-state index in [4.69, 9.17) is 4.74 Å².